The molecule has 0 radical (unpaired) electrons. The number of anilines is 1. The van der Waals surface area contributed by atoms with Crippen molar-refractivity contribution >= 4 is 29.0 Å². The summed E-state index contributed by atoms with van der Waals surface area (Å²) in [6.07, 6.45) is 2.29. The van der Waals surface area contributed by atoms with Gasteiger partial charge >= 0.3 is 0 Å². The number of nitrogens with zero attached hydrogens (tertiary/aromatic N) is 2. The lowest BCUT2D eigenvalue weighted by molar-refractivity contribution is 0.139. The predicted molar refractivity (Wildman–Crippen MR) is 75.6 cm³/mol. The number of alkyl halides is 1. The van der Waals surface area contributed by atoms with Crippen LogP contribution in [0.4, 0.5) is 5.82 Å². The SMILES string of the molecule is COCC1CCN(c2ccc(Cl)c(CCl)n2)CC1. The van der Waals surface area contributed by atoms with E-state index in [1.54, 1.807) is 7.11 Å². The van der Waals surface area contributed by atoms with Crippen LogP contribution in [0.25, 0.3) is 0 Å². The monoisotopic (exact) mass is 288 g/mol. The molecule has 2 rings (SSSR count). The number of pyridine rings is 1. The zero-order valence-corrected chi connectivity index (χ0v) is 12.0. The van der Waals surface area contributed by atoms with Crippen LogP contribution in [-0.4, -0.2) is 31.8 Å². The Morgan fingerprint density at radius 3 is 2.72 bits per heavy atom. The Balaban J connectivity index is 2.01. The van der Waals surface area contributed by atoms with Crippen molar-refractivity contribution in [2.24, 2.45) is 5.92 Å². The van der Waals surface area contributed by atoms with Crippen molar-refractivity contribution < 1.29 is 4.74 Å². The molecule has 0 atom stereocenters. The molecule has 1 aliphatic heterocycles. The van der Waals surface area contributed by atoms with Crippen molar-refractivity contribution in [1.29, 1.82) is 0 Å². The van der Waals surface area contributed by atoms with Gasteiger partial charge in [0.15, 0.2) is 0 Å². The van der Waals surface area contributed by atoms with Crippen LogP contribution in [0.15, 0.2) is 12.1 Å². The molecule has 0 amide bonds. The average molecular weight is 289 g/mol. The summed E-state index contributed by atoms with van der Waals surface area (Å²) in [5, 5.41) is 0.642. The number of piperidine rings is 1. The predicted octanol–water partition coefficient (Wildman–Crippen LogP) is 3.34. The van der Waals surface area contributed by atoms with Gasteiger partial charge in [0.25, 0.3) is 0 Å². The first-order valence-electron chi connectivity index (χ1n) is 6.20. The zero-order valence-electron chi connectivity index (χ0n) is 10.5. The molecule has 1 aromatic heterocycles. The van der Waals surface area contributed by atoms with E-state index in [4.69, 9.17) is 27.9 Å². The number of hydrogen-bond acceptors (Lipinski definition) is 3. The van der Waals surface area contributed by atoms with E-state index in [0.717, 1.165) is 44.0 Å². The third kappa shape index (κ3) is 3.28. The third-order valence-electron chi connectivity index (χ3n) is 3.37. The van der Waals surface area contributed by atoms with Crippen molar-refractivity contribution in [2.75, 3.05) is 31.7 Å². The first-order valence-corrected chi connectivity index (χ1v) is 7.11. The molecule has 0 spiro atoms. The van der Waals surface area contributed by atoms with Crippen LogP contribution in [0.2, 0.25) is 5.02 Å². The van der Waals surface area contributed by atoms with E-state index in [0.29, 0.717) is 16.8 Å². The van der Waals surface area contributed by atoms with Crippen LogP contribution in [-0.2, 0) is 10.6 Å². The maximum atomic E-state index is 6.02. The molecule has 18 heavy (non-hydrogen) atoms. The van der Waals surface area contributed by atoms with Gasteiger partial charge in [0.2, 0.25) is 0 Å². The molecule has 0 N–H and O–H groups in total. The van der Waals surface area contributed by atoms with Gasteiger partial charge in [-0.3, -0.25) is 0 Å². The van der Waals surface area contributed by atoms with E-state index >= 15 is 0 Å². The largest absolute Gasteiger partial charge is 0.384 e. The zero-order chi connectivity index (χ0) is 13.0. The van der Waals surface area contributed by atoms with Crippen LogP contribution < -0.4 is 4.90 Å². The minimum absolute atomic E-state index is 0.354. The van der Waals surface area contributed by atoms with Gasteiger partial charge in [-0.05, 0) is 30.9 Å². The van der Waals surface area contributed by atoms with E-state index in [1.807, 2.05) is 12.1 Å². The van der Waals surface area contributed by atoms with Crippen molar-refractivity contribution in [3.05, 3.63) is 22.8 Å². The summed E-state index contributed by atoms with van der Waals surface area (Å²) in [6.45, 7) is 2.89. The number of rotatable bonds is 4. The summed E-state index contributed by atoms with van der Waals surface area (Å²) < 4.78 is 5.21. The fourth-order valence-electron chi connectivity index (χ4n) is 2.31. The summed E-state index contributed by atoms with van der Waals surface area (Å²) in [4.78, 5) is 6.81. The quantitative estimate of drug-likeness (QED) is 0.795. The Morgan fingerprint density at radius 1 is 1.39 bits per heavy atom. The Bertz CT molecular complexity index is 393. The van der Waals surface area contributed by atoms with Crippen molar-refractivity contribution in [3.63, 3.8) is 0 Å². The fourth-order valence-corrected chi connectivity index (χ4v) is 2.75. The topological polar surface area (TPSA) is 25.4 Å². The minimum atomic E-state index is 0.354. The van der Waals surface area contributed by atoms with Crippen LogP contribution in [0.1, 0.15) is 18.5 Å². The highest BCUT2D eigenvalue weighted by Gasteiger charge is 2.20. The van der Waals surface area contributed by atoms with E-state index in [2.05, 4.69) is 9.88 Å². The van der Waals surface area contributed by atoms with Crippen LogP contribution in [0.5, 0.6) is 0 Å². The first-order chi connectivity index (χ1) is 8.74. The molecule has 1 fully saturated rings. The molecule has 5 heteroatoms. The molecule has 0 saturated carbocycles. The van der Waals surface area contributed by atoms with Crippen LogP contribution in [0, 0.1) is 5.92 Å². The van der Waals surface area contributed by atoms with Gasteiger partial charge in [-0.15, -0.1) is 11.6 Å². The van der Waals surface area contributed by atoms with Gasteiger partial charge in [0.05, 0.1) is 16.6 Å². The van der Waals surface area contributed by atoms with Gasteiger partial charge < -0.3 is 9.64 Å². The van der Waals surface area contributed by atoms with Gasteiger partial charge in [0.1, 0.15) is 5.82 Å². The number of ether oxygens (including phenoxy) is 1. The van der Waals surface area contributed by atoms with Crippen LogP contribution >= 0.6 is 23.2 Å². The lowest BCUT2D eigenvalue weighted by atomic mass is 9.98. The highest BCUT2D eigenvalue weighted by Crippen LogP contribution is 2.25. The second kappa shape index (κ2) is 6.60. The second-order valence-corrected chi connectivity index (χ2v) is 5.29. The fraction of sp³-hybridized carbons (Fsp3) is 0.615. The van der Waals surface area contributed by atoms with E-state index in [-0.39, 0.29) is 0 Å². The molecule has 3 nitrogen and oxygen atoms in total. The molecule has 100 valence electrons. The number of halogens is 2. The molecule has 0 aromatic carbocycles. The number of methoxy groups -OCH3 is 1. The highest BCUT2D eigenvalue weighted by atomic mass is 35.5. The van der Waals surface area contributed by atoms with E-state index < -0.39 is 0 Å². The summed E-state index contributed by atoms with van der Waals surface area (Å²) in [5.74, 6) is 2.00. The molecular formula is C13H18Cl2N2O. The third-order valence-corrected chi connectivity index (χ3v) is 3.97. The van der Waals surface area contributed by atoms with Gasteiger partial charge in [-0.1, -0.05) is 11.6 Å². The molecular weight excluding hydrogens is 271 g/mol. The van der Waals surface area contributed by atoms with E-state index in [9.17, 15) is 0 Å². The van der Waals surface area contributed by atoms with Crippen molar-refractivity contribution in [3.8, 4) is 0 Å². The molecule has 1 aliphatic rings. The normalized spacial score (nSPS) is 17.2. The smallest absolute Gasteiger partial charge is 0.128 e. The Hall–Kier alpha value is -0.510. The van der Waals surface area contributed by atoms with E-state index in [1.165, 1.54) is 0 Å². The first kappa shape index (κ1) is 13.9. The summed E-state index contributed by atoms with van der Waals surface area (Å²) in [6, 6.07) is 3.85. The molecule has 0 aliphatic carbocycles. The lowest BCUT2D eigenvalue weighted by Gasteiger charge is -2.32. The second-order valence-electron chi connectivity index (χ2n) is 4.62. The minimum Gasteiger partial charge on any atom is -0.384 e. The Labute approximate surface area is 118 Å². The van der Waals surface area contributed by atoms with Gasteiger partial charge in [0, 0.05) is 26.8 Å². The molecule has 2 heterocycles. The number of hydrogen-bond donors (Lipinski definition) is 0. The molecule has 0 unspecified atom stereocenters. The molecule has 0 bridgehead atoms. The maximum Gasteiger partial charge on any atom is 0.128 e. The summed E-state index contributed by atoms with van der Waals surface area (Å²) in [7, 11) is 1.76. The Morgan fingerprint density at radius 2 is 2.11 bits per heavy atom. The van der Waals surface area contributed by atoms with Gasteiger partial charge in [-0.2, -0.15) is 0 Å². The highest BCUT2D eigenvalue weighted by molar-refractivity contribution is 6.32. The summed E-state index contributed by atoms with van der Waals surface area (Å²) in [5.41, 5.74) is 0.759. The standard InChI is InChI=1S/C13H18Cl2N2O/c1-18-9-10-4-6-17(7-5-10)13-3-2-11(15)12(8-14)16-13/h2-3,10H,4-9H2,1H3. The lowest BCUT2D eigenvalue weighted by Crippen LogP contribution is -2.35. The van der Waals surface area contributed by atoms with Gasteiger partial charge in [-0.25, -0.2) is 4.98 Å². The average Bonchev–Trinajstić information content (AvgIpc) is 2.41. The van der Waals surface area contributed by atoms with Crippen LogP contribution in [0.3, 0.4) is 0 Å². The molecule has 1 aromatic rings. The maximum absolute atomic E-state index is 6.02. The van der Waals surface area contributed by atoms with Crippen molar-refractivity contribution in [2.45, 2.75) is 18.7 Å². The van der Waals surface area contributed by atoms with Crippen molar-refractivity contribution in [1.82, 2.24) is 4.98 Å². The summed E-state index contributed by atoms with van der Waals surface area (Å²) >= 11 is 11.8. The molecule has 1 saturated heterocycles. The number of aromatic nitrogens is 1. The Kier molecular flexibility index (Phi) is 5.10.